The minimum absolute atomic E-state index is 0.0298. The van der Waals surface area contributed by atoms with E-state index in [1.807, 2.05) is 13.0 Å². The highest BCUT2D eigenvalue weighted by molar-refractivity contribution is 7.27. The smallest absolute Gasteiger partial charge is 0.246 e. The van der Waals surface area contributed by atoms with E-state index in [0.29, 0.717) is 11.4 Å². The summed E-state index contributed by atoms with van der Waals surface area (Å²) in [6, 6.07) is 18.6. The largest absolute Gasteiger partial charge is 0.345 e. The highest BCUT2D eigenvalue weighted by atomic mass is 31.0. The Kier molecular flexibility index (Phi) is 5.06. The molecule has 0 saturated carbocycles. The lowest BCUT2D eigenvalue weighted by Crippen LogP contribution is -2.52. The van der Waals surface area contributed by atoms with E-state index in [2.05, 4.69) is 9.24 Å². The fourth-order valence-electron chi connectivity index (χ4n) is 3.25. The van der Waals surface area contributed by atoms with Crippen molar-refractivity contribution < 1.29 is 4.39 Å². The van der Waals surface area contributed by atoms with Crippen molar-refractivity contribution in [3.8, 4) is 17.1 Å². The van der Waals surface area contributed by atoms with Crippen LogP contribution in [-0.2, 0) is 0 Å². The number of benzene rings is 3. The van der Waals surface area contributed by atoms with Gasteiger partial charge in [0.05, 0.1) is 17.1 Å². The van der Waals surface area contributed by atoms with Crippen LogP contribution in [0.2, 0.25) is 0 Å². The van der Waals surface area contributed by atoms with Gasteiger partial charge in [0.25, 0.3) is 0 Å². The summed E-state index contributed by atoms with van der Waals surface area (Å²) in [5, 5.41) is 0.754. The number of aromatic nitrogens is 3. The number of halogens is 1. The molecule has 4 rings (SSSR count). The highest BCUT2D eigenvalue weighted by Gasteiger charge is 2.19. The Morgan fingerprint density at radius 1 is 0.667 bits per heavy atom. The second-order valence-corrected chi connectivity index (χ2v) is 7.43. The predicted molar refractivity (Wildman–Crippen MR) is 117 cm³/mol. The second-order valence-electron chi connectivity index (χ2n) is 6.77. The number of aryl methyl sites for hydroxylation is 1. The molecule has 4 aromatic rings. The number of hydrogen-bond acceptors (Lipinski definition) is 3. The van der Waals surface area contributed by atoms with Crippen molar-refractivity contribution in [1.82, 2.24) is 13.7 Å². The maximum atomic E-state index is 13.9. The van der Waals surface area contributed by atoms with E-state index in [9.17, 15) is 18.8 Å². The molecule has 8 heteroatoms. The Bertz CT molecular complexity index is 1250. The second kappa shape index (κ2) is 7.69. The van der Waals surface area contributed by atoms with Crippen molar-refractivity contribution >= 4 is 14.5 Å². The molecule has 1 unspecified atom stereocenters. The van der Waals surface area contributed by atoms with Crippen LogP contribution in [0.15, 0.2) is 87.2 Å². The van der Waals surface area contributed by atoms with Gasteiger partial charge in [0, 0.05) is 0 Å². The van der Waals surface area contributed by atoms with E-state index < -0.39 is 22.9 Å². The Hall–Kier alpha value is -3.57. The summed E-state index contributed by atoms with van der Waals surface area (Å²) in [6.45, 7) is 1.83. The van der Waals surface area contributed by atoms with Crippen molar-refractivity contribution in [2.75, 3.05) is 0 Å². The molecule has 0 amide bonds. The molecule has 0 N–H and O–H groups in total. The van der Waals surface area contributed by atoms with Crippen LogP contribution in [-0.4, -0.2) is 13.7 Å². The van der Waals surface area contributed by atoms with E-state index in [4.69, 9.17) is 0 Å². The van der Waals surface area contributed by atoms with Crippen LogP contribution < -0.4 is 22.4 Å². The van der Waals surface area contributed by atoms with Gasteiger partial charge in [-0.15, -0.1) is 9.24 Å². The van der Waals surface area contributed by atoms with E-state index in [1.54, 1.807) is 42.5 Å². The molecule has 0 aliphatic carbocycles. The van der Waals surface area contributed by atoms with Crippen LogP contribution in [0.1, 0.15) is 5.56 Å². The first-order valence-corrected chi connectivity index (χ1v) is 9.64. The fraction of sp³-hybridized carbons (Fsp3) is 0.0455. The van der Waals surface area contributed by atoms with Gasteiger partial charge in [-0.3, -0.25) is 0 Å². The van der Waals surface area contributed by atoms with Crippen LogP contribution in [0.25, 0.3) is 17.1 Å². The number of nitrogens with zero attached hydrogens (tertiary/aromatic N) is 3. The SMILES string of the molecule is Cc1cccc(-n2c(=O)n(-c3cccc(F)c3)c(=O)n(-c3cccc(P)c3)c2=O)c1. The molecule has 0 saturated heterocycles. The zero-order valence-electron chi connectivity index (χ0n) is 15.9. The van der Waals surface area contributed by atoms with E-state index in [0.717, 1.165) is 30.6 Å². The summed E-state index contributed by atoms with van der Waals surface area (Å²) in [6.07, 6.45) is 0. The average Bonchev–Trinajstić information content (AvgIpc) is 2.68. The molecule has 6 nitrogen and oxygen atoms in total. The molecule has 150 valence electrons. The van der Waals surface area contributed by atoms with Gasteiger partial charge < -0.3 is 0 Å². The van der Waals surface area contributed by atoms with E-state index >= 15 is 0 Å². The van der Waals surface area contributed by atoms with Crippen molar-refractivity contribution in [2.45, 2.75) is 6.92 Å². The first kappa shape index (κ1) is 19.7. The van der Waals surface area contributed by atoms with Crippen LogP contribution in [0.4, 0.5) is 4.39 Å². The Balaban J connectivity index is 2.18. The van der Waals surface area contributed by atoms with Gasteiger partial charge in [-0.2, -0.15) is 0 Å². The molecule has 3 aromatic carbocycles. The minimum atomic E-state index is -0.880. The van der Waals surface area contributed by atoms with Crippen LogP contribution >= 0.6 is 9.24 Å². The van der Waals surface area contributed by atoms with Gasteiger partial charge in [0.1, 0.15) is 5.82 Å². The molecule has 0 radical (unpaired) electrons. The Morgan fingerprint density at radius 3 is 1.63 bits per heavy atom. The zero-order valence-corrected chi connectivity index (χ0v) is 17.1. The molecule has 0 bridgehead atoms. The van der Waals surface area contributed by atoms with E-state index in [1.165, 1.54) is 18.2 Å². The first-order valence-electron chi connectivity index (χ1n) is 9.07. The summed E-state index contributed by atoms with van der Waals surface area (Å²) in [4.78, 5) is 39.9. The summed E-state index contributed by atoms with van der Waals surface area (Å²) >= 11 is 0. The molecule has 1 aromatic heterocycles. The maximum Gasteiger partial charge on any atom is 0.345 e. The van der Waals surface area contributed by atoms with E-state index in [-0.39, 0.29) is 5.69 Å². The topological polar surface area (TPSA) is 66.0 Å². The highest BCUT2D eigenvalue weighted by Crippen LogP contribution is 2.09. The summed E-state index contributed by atoms with van der Waals surface area (Å²) in [5.41, 5.74) is -1.09. The van der Waals surface area contributed by atoms with Gasteiger partial charge in [-0.1, -0.05) is 30.3 Å². The Labute approximate surface area is 172 Å². The molecule has 0 fully saturated rings. The van der Waals surface area contributed by atoms with Gasteiger partial charge in [0.2, 0.25) is 0 Å². The molecule has 0 aliphatic heterocycles. The fourth-order valence-corrected chi connectivity index (χ4v) is 3.54. The number of rotatable bonds is 3. The minimum Gasteiger partial charge on any atom is -0.246 e. The lowest BCUT2D eigenvalue weighted by molar-refractivity contribution is 0.620. The normalized spacial score (nSPS) is 10.9. The Morgan fingerprint density at radius 2 is 1.13 bits per heavy atom. The van der Waals surface area contributed by atoms with Crippen molar-refractivity contribution in [1.29, 1.82) is 0 Å². The molecule has 0 aliphatic rings. The predicted octanol–water partition coefficient (Wildman–Crippen LogP) is 2.09. The van der Waals surface area contributed by atoms with Gasteiger partial charge in [-0.05, 0) is 60.3 Å². The van der Waals surface area contributed by atoms with Crippen molar-refractivity contribution in [3.05, 3.63) is 116 Å². The molecule has 1 heterocycles. The summed E-state index contributed by atoms with van der Waals surface area (Å²) < 4.78 is 16.5. The van der Waals surface area contributed by atoms with Gasteiger partial charge in [-0.25, -0.2) is 32.5 Å². The van der Waals surface area contributed by atoms with Crippen molar-refractivity contribution in [2.24, 2.45) is 0 Å². The standard InChI is InChI=1S/C22H17FN3O3P/c1-14-5-2-7-16(11-14)24-20(27)25(17-8-3-6-15(23)12-17)22(29)26(21(24)28)18-9-4-10-19(30)13-18/h2-13H,30H2,1H3. The number of hydrogen-bond donors (Lipinski definition) is 0. The average molecular weight is 421 g/mol. The third kappa shape index (κ3) is 3.44. The third-order valence-electron chi connectivity index (χ3n) is 4.60. The first-order chi connectivity index (χ1) is 14.4. The van der Waals surface area contributed by atoms with Gasteiger partial charge >= 0.3 is 17.1 Å². The van der Waals surface area contributed by atoms with Crippen LogP contribution in [0.5, 0.6) is 0 Å². The molecule has 1 atom stereocenters. The summed E-state index contributed by atoms with van der Waals surface area (Å²) in [7, 11) is 2.49. The summed E-state index contributed by atoms with van der Waals surface area (Å²) in [5.74, 6) is -0.606. The van der Waals surface area contributed by atoms with Gasteiger partial charge in [0.15, 0.2) is 0 Å². The zero-order chi connectivity index (χ0) is 21.4. The molecular formula is C22H17FN3O3P. The molecule has 30 heavy (non-hydrogen) atoms. The van der Waals surface area contributed by atoms with Crippen LogP contribution in [0, 0.1) is 12.7 Å². The van der Waals surface area contributed by atoms with Crippen LogP contribution in [0.3, 0.4) is 0 Å². The monoisotopic (exact) mass is 421 g/mol. The molecule has 0 spiro atoms. The van der Waals surface area contributed by atoms with Crippen molar-refractivity contribution in [3.63, 3.8) is 0 Å². The molecular weight excluding hydrogens is 404 g/mol. The maximum absolute atomic E-state index is 13.9. The lowest BCUT2D eigenvalue weighted by atomic mass is 10.2. The third-order valence-corrected chi connectivity index (χ3v) is 4.96. The lowest BCUT2D eigenvalue weighted by Gasteiger charge is -2.15. The quantitative estimate of drug-likeness (QED) is 0.476.